The van der Waals surface area contributed by atoms with Crippen LogP contribution >= 0.6 is 0 Å². The minimum atomic E-state index is -0.452. The highest BCUT2D eigenvalue weighted by Gasteiger charge is 2.66. The number of rotatable bonds is 1. The van der Waals surface area contributed by atoms with E-state index in [4.69, 9.17) is 0 Å². The number of aliphatic hydroxyl groups is 2. The van der Waals surface area contributed by atoms with Gasteiger partial charge in [0.2, 0.25) is 0 Å². The van der Waals surface area contributed by atoms with Gasteiger partial charge in [0.1, 0.15) is 5.78 Å². The third kappa shape index (κ3) is 2.06. The SMILES string of the molecule is CC(=O)[C@H]1CC(O)[C@H]2[C@@H]3CCC4CCCC[C@]4(C)[C@H]3CC(O)[C@]12C. The number of fused-ring (bicyclic) bond motifs is 5. The average molecular weight is 334 g/mol. The van der Waals surface area contributed by atoms with Crippen molar-refractivity contribution in [3.05, 3.63) is 0 Å². The molecule has 0 aliphatic heterocycles. The molecular weight excluding hydrogens is 300 g/mol. The Kier molecular flexibility index (Phi) is 3.93. The molecule has 2 N–H and O–H groups in total. The van der Waals surface area contributed by atoms with Gasteiger partial charge in [-0.05, 0) is 74.5 Å². The van der Waals surface area contributed by atoms with Crippen molar-refractivity contribution < 1.29 is 15.0 Å². The Morgan fingerprint density at radius 3 is 2.50 bits per heavy atom. The van der Waals surface area contributed by atoms with Crippen molar-refractivity contribution in [2.24, 2.45) is 40.4 Å². The largest absolute Gasteiger partial charge is 0.393 e. The summed E-state index contributed by atoms with van der Waals surface area (Å²) in [7, 11) is 0. The lowest BCUT2D eigenvalue weighted by Crippen LogP contribution is -2.59. The van der Waals surface area contributed by atoms with Gasteiger partial charge >= 0.3 is 0 Å². The maximum atomic E-state index is 12.2. The Morgan fingerprint density at radius 2 is 1.79 bits per heavy atom. The van der Waals surface area contributed by atoms with Crippen molar-refractivity contribution in [1.82, 2.24) is 0 Å². The predicted molar refractivity (Wildman–Crippen MR) is 93.3 cm³/mol. The van der Waals surface area contributed by atoms with Gasteiger partial charge in [-0.1, -0.05) is 26.7 Å². The second-order valence-electron chi connectivity index (χ2n) is 9.91. The zero-order valence-corrected chi connectivity index (χ0v) is 15.5. The van der Waals surface area contributed by atoms with Crippen LogP contribution in [-0.2, 0) is 4.79 Å². The van der Waals surface area contributed by atoms with Crippen LogP contribution in [0, 0.1) is 40.4 Å². The van der Waals surface area contributed by atoms with E-state index in [0.29, 0.717) is 23.7 Å². The molecule has 4 aliphatic carbocycles. The summed E-state index contributed by atoms with van der Waals surface area (Å²) >= 11 is 0. The Labute approximate surface area is 146 Å². The molecule has 3 heteroatoms. The van der Waals surface area contributed by atoms with Crippen molar-refractivity contribution in [1.29, 1.82) is 0 Å². The van der Waals surface area contributed by atoms with E-state index in [1.54, 1.807) is 6.92 Å². The average Bonchev–Trinajstić information content (AvgIpc) is 2.81. The summed E-state index contributed by atoms with van der Waals surface area (Å²) in [4.78, 5) is 12.2. The highest BCUT2D eigenvalue weighted by Crippen LogP contribution is 2.67. The van der Waals surface area contributed by atoms with E-state index in [1.165, 1.54) is 38.5 Å². The van der Waals surface area contributed by atoms with Crippen LogP contribution in [0.1, 0.15) is 72.1 Å². The molecule has 24 heavy (non-hydrogen) atoms. The fraction of sp³-hybridized carbons (Fsp3) is 0.952. The molecule has 0 bridgehead atoms. The first-order valence-electron chi connectivity index (χ1n) is 10.2. The zero-order chi connectivity index (χ0) is 17.3. The van der Waals surface area contributed by atoms with Crippen molar-refractivity contribution in [3.8, 4) is 0 Å². The number of hydrogen-bond donors (Lipinski definition) is 2. The van der Waals surface area contributed by atoms with Gasteiger partial charge in [0, 0.05) is 11.3 Å². The van der Waals surface area contributed by atoms with Gasteiger partial charge in [0.15, 0.2) is 0 Å². The molecule has 4 rings (SSSR count). The molecule has 136 valence electrons. The van der Waals surface area contributed by atoms with E-state index in [1.807, 2.05) is 0 Å². The minimum Gasteiger partial charge on any atom is -0.393 e. The number of ketones is 1. The number of carbonyl (C=O) groups is 1. The number of carbonyl (C=O) groups excluding carboxylic acids is 1. The fourth-order valence-electron chi connectivity index (χ4n) is 7.94. The lowest BCUT2D eigenvalue weighted by atomic mass is 9.44. The molecule has 4 fully saturated rings. The molecule has 0 heterocycles. The summed E-state index contributed by atoms with van der Waals surface area (Å²) in [6, 6.07) is 0. The molecule has 0 radical (unpaired) electrons. The molecule has 0 aromatic heterocycles. The topological polar surface area (TPSA) is 57.5 Å². The quantitative estimate of drug-likeness (QED) is 0.771. The summed E-state index contributed by atoms with van der Waals surface area (Å²) in [6.45, 7) is 6.20. The van der Waals surface area contributed by atoms with Crippen molar-refractivity contribution in [2.75, 3.05) is 0 Å². The lowest BCUT2D eigenvalue weighted by Gasteiger charge is -2.61. The number of Topliss-reactive ketones (excluding diaryl/α,β-unsaturated/α-hetero) is 1. The van der Waals surface area contributed by atoms with E-state index >= 15 is 0 Å². The highest BCUT2D eigenvalue weighted by molar-refractivity contribution is 5.80. The second-order valence-corrected chi connectivity index (χ2v) is 9.91. The first-order valence-corrected chi connectivity index (χ1v) is 10.2. The number of hydrogen-bond acceptors (Lipinski definition) is 3. The van der Waals surface area contributed by atoms with Crippen LogP contribution in [-0.4, -0.2) is 28.2 Å². The van der Waals surface area contributed by atoms with Gasteiger partial charge in [-0.25, -0.2) is 0 Å². The van der Waals surface area contributed by atoms with E-state index in [0.717, 1.165) is 12.3 Å². The molecular formula is C21H34O3. The summed E-state index contributed by atoms with van der Waals surface area (Å²) in [5.41, 5.74) is -0.0954. The van der Waals surface area contributed by atoms with E-state index in [2.05, 4.69) is 13.8 Å². The van der Waals surface area contributed by atoms with Crippen LogP contribution in [0.3, 0.4) is 0 Å². The van der Waals surface area contributed by atoms with Crippen LogP contribution in [0.5, 0.6) is 0 Å². The van der Waals surface area contributed by atoms with Gasteiger partial charge in [-0.15, -0.1) is 0 Å². The number of aliphatic hydroxyl groups excluding tert-OH is 2. The van der Waals surface area contributed by atoms with E-state index in [-0.39, 0.29) is 17.6 Å². The summed E-state index contributed by atoms with van der Waals surface area (Å²) in [5.74, 6) is 1.87. The van der Waals surface area contributed by atoms with Gasteiger partial charge in [-0.3, -0.25) is 4.79 Å². The predicted octanol–water partition coefficient (Wildman–Crippen LogP) is 3.57. The van der Waals surface area contributed by atoms with Gasteiger partial charge in [0.25, 0.3) is 0 Å². The third-order valence-electron chi connectivity index (χ3n) is 9.17. The molecule has 4 saturated carbocycles. The fourth-order valence-corrected chi connectivity index (χ4v) is 7.94. The summed E-state index contributed by atoms with van der Waals surface area (Å²) in [6.07, 6.45) is 8.26. The Balaban J connectivity index is 1.72. The smallest absolute Gasteiger partial charge is 0.133 e. The van der Waals surface area contributed by atoms with Crippen molar-refractivity contribution in [2.45, 2.75) is 84.3 Å². The van der Waals surface area contributed by atoms with Crippen molar-refractivity contribution >= 4 is 5.78 Å². The van der Waals surface area contributed by atoms with Gasteiger partial charge in [0.05, 0.1) is 12.2 Å². The monoisotopic (exact) mass is 334 g/mol. The minimum absolute atomic E-state index is 0.0971. The summed E-state index contributed by atoms with van der Waals surface area (Å²) < 4.78 is 0. The van der Waals surface area contributed by atoms with Crippen LogP contribution in [0.15, 0.2) is 0 Å². The normalized spacial score (nSPS) is 57.0. The second kappa shape index (κ2) is 5.54. The Morgan fingerprint density at radius 1 is 1.04 bits per heavy atom. The van der Waals surface area contributed by atoms with Gasteiger partial charge in [-0.2, -0.15) is 0 Å². The molecule has 0 aromatic carbocycles. The summed E-state index contributed by atoms with van der Waals surface area (Å²) in [5, 5.41) is 22.0. The lowest BCUT2D eigenvalue weighted by molar-refractivity contribution is -0.178. The standard InChI is InChI=1S/C21H34O3/c1-12(22)15-10-17(23)19-14-8-7-13-6-4-5-9-20(13,2)16(14)11-18(24)21(15,19)3/h13-19,23-24H,4-11H2,1-3H3/t13?,14-,15-,16+,17?,18?,19-,20+,21+/m1/s1. The van der Waals surface area contributed by atoms with Crippen molar-refractivity contribution in [3.63, 3.8) is 0 Å². The molecule has 0 amide bonds. The van der Waals surface area contributed by atoms with Crippen LogP contribution in [0.2, 0.25) is 0 Å². The molecule has 9 atom stereocenters. The van der Waals surface area contributed by atoms with Gasteiger partial charge < -0.3 is 10.2 Å². The maximum absolute atomic E-state index is 12.2. The van der Waals surface area contributed by atoms with E-state index < -0.39 is 17.6 Å². The third-order valence-corrected chi connectivity index (χ3v) is 9.17. The first-order chi connectivity index (χ1) is 11.3. The molecule has 4 aliphatic rings. The highest BCUT2D eigenvalue weighted by atomic mass is 16.3. The Hall–Kier alpha value is -0.410. The molecule has 3 unspecified atom stereocenters. The van der Waals surface area contributed by atoms with Crippen LogP contribution < -0.4 is 0 Å². The molecule has 0 saturated heterocycles. The van der Waals surface area contributed by atoms with E-state index in [9.17, 15) is 15.0 Å². The van der Waals surface area contributed by atoms with Crippen LogP contribution in [0.4, 0.5) is 0 Å². The Bertz CT molecular complexity index is 531. The molecule has 0 aromatic rings. The molecule has 3 nitrogen and oxygen atoms in total. The maximum Gasteiger partial charge on any atom is 0.133 e. The molecule has 0 spiro atoms. The zero-order valence-electron chi connectivity index (χ0n) is 15.5. The first kappa shape index (κ1) is 17.0. The van der Waals surface area contributed by atoms with Crippen LogP contribution in [0.25, 0.3) is 0 Å².